The molecule has 0 saturated carbocycles. The Kier molecular flexibility index (Phi) is 6.76. The number of halogens is 4. The van der Waals surface area contributed by atoms with Crippen molar-refractivity contribution in [2.24, 2.45) is 0 Å². The Bertz CT molecular complexity index is 1140. The number of aromatic nitrogens is 2. The maximum atomic E-state index is 15.4. The number of hydrogen-bond donors (Lipinski definition) is 1. The highest BCUT2D eigenvalue weighted by atomic mass is 19.4. The van der Waals surface area contributed by atoms with Gasteiger partial charge in [-0.2, -0.15) is 17.6 Å². The third kappa shape index (κ3) is 4.85. The molecule has 0 aliphatic carbocycles. The van der Waals surface area contributed by atoms with Crippen molar-refractivity contribution in [3.8, 4) is 11.5 Å². The molecule has 2 aromatic carbocycles. The summed E-state index contributed by atoms with van der Waals surface area (Å²) < 4.78 is 64.6. The molecule has 4 rings (SSSR count). The standard InChI is InChI=1S/C24H24F4N4O2/c1-33-19-10-5-15(12-20(19)34-2)13-29-22-21(25)23(31-14-30-22)32-11-3-4-18(32)16-6-8-17(9-7-16)24(26,27)28/h5-10,12,14,18H,3-4,11,13H2,1-2H3,(H,29,30,31). The van der Waals surface area contributed by atoms with E-state index in [0.717, 1.165) is 24.1 Å². The van der Waals surface area contributed by atoms with E-state index in [4.69, 9.17) is 9.47 Å². The molecular formula is C24H24F4N4O2. The van der Waals surface area contributed by atoms with E-state index in [2.05, 4.69) is 15.3 Å². The molecule has 10 heteroatoms. The summed E-state index contributed by atoms with van der Waals surface area (Å²) in [6.07, 6.45) is -1.68. The van der Waals surface area contributed by atoms with Gasteiger partial charge in [-0.15, -0.1) is 0 Å². The maximum Gasteiger partial charge on any atom is 0.416 e. The van der Waals surface area contributed by atoms with Crippen LogP contribution in [0.4, 0.5) is 29.2 Å². The molecule has 2 heterocycles. The van der Waals surface area contributed by atoms with E-state index in [1.54, 1.807) is 24.1 Å². The van der Waals surface area contributed by atoms with E-state index in [9.17, 15) is 13.2 Å². The van der Waals surface area contributed by atoms with Crippen LogP contribution in [0.15, 0.2) is 48.8 Å². The zero-order valence-corrected chi connectivity index (χ0v) is 18.7. The predicted molar refractivity (Wildman–Crippen MR) is 120 cm³/mol. The van der Waals surface area contributed by atoms with Gasteiger partial charge in [0.1, 0.15) is 6.33 Å². The Labute approximate surface area is 194 Å². The molecule has 1 saturated heterocycles. The van der Waals surface area contributed by atoms with Gasteiger partial charge >= 0.3 is 6.18 Å². The number of benzene rings is 2. The van der Waals surface area contributed by atoms with Gasteiger partial charge in [-0.05, 0) is 48.2 Å². The van der Waals surface area contributed by atoms with Gasteiger partial charge in [0.25, 0.3) is 0 Å². The summed E-state index contributed by atoms with van der Waals surface area (Å²) in [4.78, 5) is 9.95. The molecule has 1 fully saturated rings. The fraction of sp³-hybridized carbons (Fsp3) is 0.333. The third-order valence-electron chi connectivity index (χ3n) is 5.83. The largest absolute Gasteiger partial charge is 0.493 e. The van der Waals surface area contributed by atoms with Crippen molar-refractivity contribution < 1.29 is 27.0 Å². The van der Waals surface area contributed by atoms with E-state index in [0.29, 0.717) is 30.0 Å². The minimum atomic E-state index is -4.40. The van der Waals surface area contributed by atoms with Crippen LogP contribution in [0, 0.1) is 5.82 Å². The molecule has 6 nitrogen and oxygen atoms in total. The van der Waals surface area contributed by atoms with Crippen molar-refractivity contribution in [2.45, 2.75) is 31.6 Å². The van der Waals surface area contributed by atoms with Gasteiger partial charge in [0.05, 0.1) is 25.8 Å². The Morgan fingerprint density at radius 1 is 1.03 bits per heavy atom. The van der Waals surface area contributed by atoms with Crippen LogP contribution in [0.3, 0.4) is 0 Å². The molecule has 1 N–H and O–H groups in total. The lowest BCUT2D eigenvalue weighted by Crippen LogP contribution is -2.25. The van der Waals surface area contributed by atoms with E-state index in [1.165, 1.54) is 25.6 Å². The minimum absolute atomic E-state index is 0.0397. The van der Waals surface area contributed by atoms with Gasteiger partial charge in [-0.3, -0.25) is 0 Å². The molecule has 0 bridgehead atoms. The lowest BCUT2D eigenvalue weighted by atomic mass is 10.0. The van der Waals surface area contributed by atoms with Gasteiger partial charge in [0.15, 0.2) is 23.1 Å². The summed E-state index contributed by atoms with van der Waals surface area (Å²) in [6, 6.07) is 10.1. The Balaban J connectivity index is 1.53. The SMILES string of the molecule is COc1ccc(CNc2ncnc(N3CCCC3c3ccc(C(F)(F)F)cc3)c2F)cc1OC. The summed E-state index contributed by atoms with van der Waals surface area (Å²) in [6.45, 7) is 0.824. The molecule has 1 atom stereocenters. The Morgan fingerprint density at radius 3 is 2.44 bits per heavy atom. The van der Waals surface area contributed by atoms with Crippen molar-refractivity contribution in [3.63, 3.8) is 0 Å². The molecule has 1 aliphatic rings. The van der Waals surface area contributed by atoms with E-state index in [-0.39, 0.29) is 24.2 Å². The highest BCUT2D eigenvalue weighted by molar-refractivity contribution is 5.54. The average Bonchev–Trinajstić information content (AvgIpc) is 3.32. The summed E-state index contributed by atoms with van der Waals surface area (Å²) in [5.74, 6) is 0.694. The Morgan fingerprint density at radius 2 is 1.76 bits per heavy atom. The minimum Gasteiger partial charge on any atom is -0.493 e. The Hall–Kier alpha value is -3.56. The summed E-state index contributed by atoms with van der Waals surface area (Å²) >= 11 is 0. The highest BCUT2D eigenvalue weighted by Gasteiger charge is 2.33. The van der Waals surface area contributed by atoms with Gasteiger partial charge in [-0.25, -0.2) is 9.97 Å². The zero-order valence-electron chi connectivity index (χ0n) is 18.7. The molecule has 0 radical (unpaired) electrons. The lowest BCUT2D eigenvalue weighted by molar-refractivity contribution is -0.137. The summed E-state index contributed by atoms with van der Waals surface area (Å²) in [5, 5.41) is 2.99. The number of nitrogens with zero attached hydrogens (tertiary/aromatic N) is 3. The van der Waals surface area contributed by atoms with Crippen LogP contribution in [0.1, 0.15) is 35.6 Å². The van der Waals surface area contributed by atoms with Crippen LogP contribution in [0.25, 0.3) is 0 Å². The van der Waals surface area contributed by atoms with Crippen LogP contribution < -0.4 is 19.7 Å². The monoisotopic (exact) mass is 476 g/mol. The zero-order chi connectivity index (χ0) is 24.3. The second kappa shape index (κ2) is 9.74. The molecule has 1 unspecified atom stereocenters. The van der Waals surface area contributed by atoms with Crippen LogP contribution in [0.5, 0.6) is 11.5 Å². The summed E-state index contributed by atoms with van der Waals surface area (Å²) in [7, 11) is 3.08. The topological polar surface area (TPSA) is 59.5 Å². The molecular weight excluding hydrogens is 452 g/mol. The maximum absolute atomic E-state index is 15.4. The fourth-order valence-corrected chi connectivity index (χ4v) is 4.12. The molecule has 0 spiro atoms. The number of hydrogen-bond acceptors (Lipinski definition) is 6. The van der Waals surface area contributed by atoms with Crippen LogP contribution in [-0.4, -0.2) is 30.7 Å². The fourth-order valence-electron chi connectivity index (χ4n) is 4.12. The smallest absolute Gasteiger partial charge is 0.416 e. The van der Waals surface area contributed by atoms with Crippen LogP contribution >= 0.6 is 0 Å². The third-order valence-corrected chi connectivity index (χ3v) is 5.83. The second-order valence-electron chi connectivity index (χ2n) is 7.87. The van der Waals surface area contributed by atoms with E-state index < -0.39 is 17.6 Å². The molecule has 1 aromatic heterocycles. The number of methoxy groups -OCH3 is 2. The van der Waals surface area contributed by atoms with Gasteiger partial charge in [0.2, 0.25) is 5.82 Å². The second-order valence-corrected chi connectivity index (χ2v) is 7.87. The van der Waals surface area contributed by atoms with Crippen molar-refractivity contribution in [1.29, 1.82) is 0 Å². The first kappa shape index (κ1) is 23.6. The van der Waals surface area contributed by atoms with E-state index in [1.807, 2.05) is 6.07 Å². The van der Waals surface area contributed by atoms with Gasteiger partial charge in [0, 0.05) is 13.1 Å². The van der Waals surface area contributed by atoms with Gasteiger partial charge in [-0.1, -0.05) is 18.2 Å². The van der Waals surface area contributed by atoms with Crippen molar-refractivity contribution in [1.82, 2.24) is 9.97 Å². The first-order valence-corrected chi connectivity index (χ1v) is 10.7. The molecule has 180 valence electrons. The number of anilines is 2. The van der Waals surface area contributed by atoms with Crippen molar-refractivity contribution >= 4 is 11.6 Å². The quantitative estimate of drug-likeness (QED) is 0.448. The molecule has 1 aliphatic heterocycles. The van der Waals surface area contributed by atoms with Crippen molar-refractivity contribution in [2.75, 3.05) is 31.0 Å². The van der Waals surface area contributed by atoms with Crippen LogP contribution in [-0.2, 0) is 12.7 Å². The predicted octanol–water partition coefficient (Wildman–Crippen LogP) is 5.61. The number of ether oxygens (including phenoxy) is 2. The molecule has 0 amide bonds. The average molecular weight is 476 g/mol. The lowest BCUT2D eigenvalue weighted by Gasteiger charge is -2.27. The van der Waals surface area contributed by atoms with E-state index >= 15 is 4.39 Å². The number of nitrogens with one attached hydrogen (secondary N) is 1. The van der Waals surface area contributed by atoms with Gasteiger partial charge < -0.3 is 19.7 Å². The first-order valence-electron chi connectivity index (χ1n) is 10.7. The highest BCUT2D eigenvalue weighted by Crippen LogP contribution is 2.38. The first-order chi connectivity index (χ1) is 16.3. The number of rotatable bonds is 7. The normalized spacial score (nSPS) is 15.9. The number of alkyl halides is 3. The van der Waals surface area contributed by atoms with Crippen molar-refractivity contribution in [3.05, 3.63) is 71.3 Å². The summed E-state index contributed by atoms with van der Waals surface area (Å²) in [5.41, 5.74) is 0.806. The molecule has 3 aromatic rings. The van der Waals surface area contributed by atoms with Crippen LogP contribution in [0.2, 0.25) is 0 Å². The molecule has 34 heavy (non-hydrogen) atoms.